The van der Waals surface area contributed by atoms with Crippen LogP contribution in [0.5, 0.6) is 0 Å². The molecule has 0 aromatic carbocycles. The first-order valence-electron chi connectivity index (χ1n) is 20.8. The first kappa shape index (κ1) is 49.4. The van der Waals surface area contributed by atoms with Crippen molar-refractivity contribution in [3.63, 3.8) is 0 Å². The lowest BCUT2D eigenvalue weighted by Gasteiger charge is -2.63. The van der Waals surface area contributed by atoms with Gasteiger partial charge in [0.05, 0.1) is 38.4 Å². The minimum absolute atomic E-state index is 0.00457. The number of hydrogen-bond acceptors (Lipinski definition) is 12. The molecule has 4 aliphatic carbocycles. The van der Waals surface area contributed by atoms with Crippen molar-refractivity contribution in [3.8, 4) is 0 Å². The third-order valence-corrected chi connectivity index (χ3v) is 16.1. The Morgan fingerprint density at radius 3 is 1.75 bits per heavy atom. The van der Waals surface area contributed by atoms with Gasteiger partial charge in [-0.3, -0.25) is 48.0 Å². The monoisotopic (exact) mass is 876 g/mol. The van der Waals surface area contributed by atoms with Crippen LogP contribution in [0.25, 0.3) is 0 Å². The van der Waals surface area contributed by atoms with E-state index >= 15 is 0 Å². The third-order valence-electron chi connectivity index (χ3n) is 14.7. The second-order valence-electron chi connectivity index (χ2n) is 18.4. The number of carboxylic acids is 5. The van der Waals surface area contributed by atoms with E-state index in [4.69, 9.17) is 0 Å². The van der Waals surface area contributed by atoms with Crippen molar-refractivity contribution in [2.45, 2.75) is 109 Å². The predicted molar refractivity (Wildman–Crippen MR) is 211 cm³/mol. The van der Waals surface area contributed by atoms with Crippen LogP contribution in [-0.2, 0) is 33.3 Å². The number of nitrogens with zero attached hydrogens (tertiary/aromatic N) is 3. The van der Waals surface area contributed by atoms with E-state index in [-0.39, 0.29) is 86.0 Å². The van der Waals surface area contributed by atoms with Crippen molar-refractivity contribution in [3.05, 3.63) is 0 Å². The summed E-state index contributed by atoms with van der Waals surface area (Å²) in [4.78, 5) is 95.0. The van der Waals surface area contributed by atoms with Gasteiger partial charge in [0, 0.05) is 45.1 Å². The van der Waals surface area contributed by atoms with E-state index in [1.54, 1.807) is 0 Å². The molecule has 4 rings (SSSR count). The van der Waals surface area contributed by atoms with E-state index in [1.807, 2.05) is 6.92 Å². The van der Waals surface area contributed by atoms with Crippen LogP contribution in [0.4, 0.5) is 0 Å². The predicted octanol–water partition coefficient (Wildman–Crippen LogP) is 0.711. The second-order valence-corrected chi connectivity index (χ2v) is 20.1. The van der Waals surface area contributed by atoms with Crippen LogP contribution in [0.15, 0.2) is 0 Å². The zero-order valence-electron chi connectivity index (χ0n) is 34.7. The Labute approximate surface area is 349 Å². The molecule has 10 N–H and O–H groups in total. The number of carbonyl (C=O) groups excluding carboxylic acids is 1. The maximum absolute atomic E-state index is 13.5. The molecule has 342 valence electrons. The molecule has 0 spiro atoms. The molecule has 4 fully saturated rings. The first-order chi connectivity index (χ1) is 27.9. The molecular weight excluding hydrogens is 811 g/mol. The smallest absolute Gasteiger partial charge is 0.342 e. The number of fused-ring (bicyclic) bond motifs is 5. The maximum atomic E-state index is 13.5. The maximum Gasteiger partial charge on any atom is 0.342 e. The highest BCUT2D eigenvalue weighted by molar-refractivity contribution is 7.52. The Morgan fingerprint density at radius 1 is 0.733 bits per heavy atom. The lowest BCUT2D eigenvalue weighted by molar-refractivity contribution is -0.203. The number of carbonyl (C=O) groups is 6. The van der Waals surface area contributed by atoms with Gasteiger partial charge in [0.15, 0.2) is 0 Å². The fraction of sp³-hybridized carbons (Fsp3) is 0.846. The molecule has 20 nitrogen and oxygen atoms in total. The van der Waals surface area contributed by atoms with E-state index in [0.29, 0.717) is 32.1 Å². The van der Waals surface area contributed by atoms with Crippen molar-refractivity contribution < 1.29 is 78.9 Å². The second kappa shape index (κ2) is 20.3. The normalized spacial score (nSPS) is 32.4. The Hall–Kier alpha value is -3.23. The number of aliphatic hydroxyl groups excluding tert-OH is 2. The van der Waals surface area contributed by atoms with Gasteiger partial charge in [-0.1, -0.05) is 20.8 Å². The van der Waals surface area contributed by atoms with Crippen LogP contribution >= 0.6 is 7.60 Å². The Balaban J connectivity index is 1.45. The van der Waals surface area contributed by atoms with Crippen LogP contribution in [0, 0.1) is 46.3 Å². The van der Waals surface area contributed by atoms with Crippen molar-refractivity contribution in [2.24, 2.45) is 46.3 Å². The summed E-state index contributed by atoms with van der Waals surface area (Å²) in [5.41, 5.74) is -0.757. The van der Waals surface area contributed by atoms with Gasteiger partial charge < -0.3 is 50.8 Å². The number of aliphatic carboxylic acids is 5. The highest BCUT2D eigenvalue weighted by Gasteiger charge is 2.66. The lowest BCUT2D eigenvalue weighted by atomic mass is 9.43. The van der Waals surface area contributed by atoms with Crippen LogP contribution in [-0.4, -0.2) is 172 Å². The van der Waals surface area contributed by atoms with Crippen molar-refractivity contribution >= 4 is 43.3 Å². The number of hydrogen-bond donors (Lipinski definition) is 10. The standard InChI is InChI=1S/C39H65N4O16P/c1-22(14-32(47)48)25-4-5-26-37-27(17-29(45)39(25,26)3)38(2)9-8-24(15-23(38)16-28(37)44)40-30(46)6-7-31(60(57,58)59)43(12-10-41(18-33(49)50)19-34(51)52)13-11-42(20-35(53)54)21-36(55)56/h22-29,31,37,44-45H,4-21H2,1-3H3,(H,40,46)(H,47,48)(H,49,50)(H,51,52)(H,53,54)(H,55,56)(H2,57,58,59)/t22?,23?,24-,25?,26?,27?,28+,29-,31?,37?,38-,39+/m0/s1. The minimum Gasteiger partial charge on any atom is -0.481 e. The van der Waals surface area contributed by atoms with Gasteiger partial charge in [-0.15, -0.1) is 0 Å². The molecule has 7 unspecified atom stereocenters. The van der Waals surface area contributed by atoms with Gasteiger partial charge in [0.25, 0.3) is 0 Å². The van der Waals surface area contributed by atoms with Gasteiger partial charge >= 0.3 is 37.4 Å². The summed E-state index contributed by atoms with van der Waals surface area (Å²) in [6, 6.07) is -0.309. The third kappa shape index (κ3) is 12.0. The van der Waals surface area contributed by atoms with Gasteiger partial charge in [0.2, 0.25) is 5.91 Å². The zero-order chi connectivity index (χ0) is 44.9. The van der Waals surface area contributed by atoms with E-state index in [0.717, 1.165) is 22.6 Å². The molecule has 60 heavy (non-hydrogen) atoms. The molecule has 0 aromatic heterocycles. The van der Waals surface area contributed by atoms with Gasteiger partial charge in [-0.2, -0.15) is 0 Å². The summed E-state index contributed by atoms with van der Waals surface area (Å²) in [7, 11) is -5.07. The Morgan fingerprint density at radius 2 is 1.27 bits per heavy atom. The summed E-state index contributed by atoms with van der Waals surface area (Å²) in [6.07, 6.45) is 2.38. The van der Waals surface area contributed by atoms with E-state index in [9.17, 15) is 78.9 Å². The fourth-order valence-corrected chi connectivity index (χ4v) is 13.1. The average molecular weight is 877 g/mol. The summed E-state index contributed by atoms with van der Waals surface area (Å²) < 4.78 is 13.0. The molecule has 0 aliphatic heterocycles. The van der Waals surface area contributed by atoms with Gasteiger partial charge in [0.1, 0.15) is 5.78 Å². The van der Waals surface area contributed by atoms with Crippen molar-refractivity contribution in [1.29, 1.82) is 0 Å². The molecule has 0 heterocycles. The molecule has 0 radical (unpaired) electrons. The van der Waals surface area contributed by atoms with E-state index in [2.05, 4.69) is 19.2 Å². The van der Waals surface area contributed by atoms with Crippen LogP contribution in [0.2, 0.25) is 0 Å². The molecule has 1 amide bonds. The van der Waals surface area contributed by atoms with Crippen molar-refractivity contribution in [2.75, 3.05) is 52.4 Å². The van der Waals surface area contributed by atoms with Crippen LogP contribution in [0.1, 0.15) is 85.0 Å². The molecule has 21 heteroatoms. The number of nitrogens with one attached hydrogen (secondary N) is 1. The highest BCUT2D eigenvalue weighted by Crippen LogP contribution is 2.68. The molecule has 0 bridgehead atoms. The molecule has 0 saturated heterocycles. The van der Waals surface area contributed by atoms with E-state index < -0.39 is 99.4 Å². The van der Waals surface area contributed by atoms with Crippen LogP contribution in [0.3, 0.4) is 0 Å². The Kier molecular flexibility index (Phi) is 16.7. The van der Waals surface area contributed by atoms with Gasteiger partial charge in [-0.25, -0.2) is 0 Å². The number of amides is 1. The zero-order valence-corrected chi connectivity index (χ0v) is 35.6. The molecular formula is C39H65N4O16P. The molecule has 4 aliphatic rings. The van der Waals surface area contributed by atoms with E-state index in [1.165, 1.54) is 4.90 Å². The first-order valence-corrected chi connectivity index (χ1v) is 22.5. The molecule has 0 aromatic rings. The summed E-state index contributed by atoms with van der Waals surface area (Å²) in [6.45, 7) is 2.17. The fourth-order valence-electron chi connectivity index (χ4n) is 12.0. The Bertz CT molecular complexity index is 1560. The highest BCUT2D eigenvalue weighted by atomic mass is 31.2. The minimum atomic E-state index is -5.07. The number of aliphatic hydroxyl groups is 2. The van der Waals surface area contributed by atoms with Gasteiger partial charge in [-0.05, 0) is 97.7 Å². The molecule has 12 atom stereocenters. The molecule has 4 saturated carbocycles. The summed E-state index contributed by atoms with van der Waals surface area (Å²) in [5, 5.41) is 73.3. The SMILES string of the molecule is CC(CC(=O)O)C1CCC2C3C(C[C@H](O)[C@]12C)[C@@]1(C)CC[C@H](NC(=O)CCC(N(CCN(CC(=O)O)CC(=O)O)CCN(CC(=O)O)CC(=O)O)P(=O)(O)O)CC1C[C@H]3O. The average Bonchev–Trinajstić information content (AvgIpc) is 3.46. The lowest BCUT2D eigenvalue weighted by Crippen LogP contribution is -2.63. The largest absolute Gasteiger partial charge is 0.481 e. The summed E-state index contributed by atoms with van der Waals surface area (Å²) >= 11 is 0. The number of carboxylic acid groups (broad SMARTS) is 5. The van der Waals surface area contributed by atoms with Crippen molar-refractivity contribution in [1.82, 2.24) is 20.0 Å². The number of rotatable bonds is 23. The summed E-state index contributed by atoms with van der Waals surface area (Å²) in [5.74, 6) is -8.52. The van der Waals surface area contributed by atoms with Crippen LogP contribution < -0.4 is 5.32 Å². The quantitative estimate of drug-likeness (QED) is 0.0632. The topological polar surface area (TPSA) is 323 Å².